The Bertz CT molecular complexity index is 269. The highest BCUT2D eigenvalue weighted by Crippen LogP contribution is 2.16. The summed E-state index contributed by atoms with van der Waals surface area (Å²) in [7, 11) is 0. The highest BCUT2D eigenvalue weighted by molar-refractivity contribution is 5.69. The van der Waals surface area contributed by atoms with Gasteiger partial charge in [0.1, 0.15) is 0 Å². The van der Waals surface area contributed by atoms with Crippen molar-refractivity contribution in [3.05, 3.63) is 0 Å². The van der Waals surface area contributed by atoms with E-state index in [4.69, 9.17) is 9.47 Å². The van der Waals surface area contributed by atoms with Crippen LogP contribution in [0.1, 0.15) is 40.0 Å². The molecule has 0 radical (unpaired) electrons. The van der Waals surface area contributed by atoms with E-state index in [9.17, 15) is 9.59 Å². The molecule has 0 aromatic rings. The van der Waals surface area contributed by atoms with Crippen molar-refractivity contribution >= 4 is 12.1 Å². The first-order valence-corrected chi connectivity index (χ1v) is 5.58. The molecule has 5 nitrogen and oxygen atoms in total. The predicted molar refractivity (Wildman–Crippen MR) is 57.8 cm³/mol. The first-order chi connectivity index (χ1) is 7.41. The SMILES string of the molecule is CC(=O)OC(C)(C)OC(=O)N1CCCCC1. The number of amides is 1. The van der Waals surface area contributed by atoms with E-state index < -0.39 is 17.8 Å². The van der Waals surface area contributed by atoms with E-state index in [2.05, 4.69) is 0 Å². The summed E-state index contributed by atoms with van der Waals surface area (Å²) in [6.45, 7) is 5.83. The third-order valence-corrected chi connectivity index (χ3v) is 2.34. The zero-order valence-electron chi connectivity index (χ0n) is 10.1. The fraction of sp³-hybridized carbons (Fsp3) is 0.818. The number of esters is 1. The molecule has 1 rings (SSSR count). The Kier molecular flexibility index (Phi) is 4.15. The highest BCUT2D eigenvalue weighted by Gasteiger charge is 2.29. The van der Waals surface area contributed by atoms with Crippen molar-refractivity contribution in [3.8, 4) is 0 Å². The fourth-order valence-electron chi connectivity index (χ4n) is 1.72. The Balaban J connectivity index is 2.45. The minimum absolute atomic E-state index is 0.411. The van der Waals surface area contributed by atoms with Crippen LogP contribution in [-0.2, 0) is 14.3 Å². The van der Waals surface area contributed by atoms with Crippen LogP contribution in [0.25, 0.3) is 0 Å². The summed E-state index contributed by atoms with van der Waals surface area (Å²) in [4.78, 5) is 24.1. The average Bonchev–Trinajstić information content (AvgIpc) is 2.16. The van der Waals surface area contributed by atoms with Gasteiger partial charge < -0.3 is 14.4 Å². The van der Waals surface area contributed by atoms with Gasteiger partial charge in [0.05, 0.1) is 0 Å². The van der Waals surface area contributed by atoms with Crippen molar-refractivity contribution in [2.24, 2.45) is 0 Å². The average molecular weight is 229 g/mol. The van der Waals surface area contributed by atoms with Crippen LogP contribution < -0.4 is 0 Å². The van der Waals surface area contributed by atoms with Gasteiger partial charge in [-0.15, -0.1) is 0 Å². The second-order valence-electron chi connectivity index (χ2n) is 4.41. The molecule has 1 amide bonds. The molecule has 0 aliphatic carbocycles. The summed E-state index contributed by atoms with van der Waals surface area (Å²) in [5, 5.41) is 0. The molecule has 1 saturated heterocycles. The lowest BCUT2D eigenvalue weighted by Gasteiger charge is -2.31. The van der Waals surface area contributed by atoms with Gasteiger partial charge in [-0.05, 0) is 19.3 Å². The van der Waals surface area contributed by atoms with Gasteiger partial charge in [0, 0.05) is 33.9 Å². The monoisotopic (exact) mass is 229 g/mol. The summed E-state index contributed by atoms with van der Waals surface area (Å²) in [6, 6.07) is 0. The van der Waals surface area contributed by atoms with E-state index in [1.165, 1.54) is 6.92 Å². The highest BCUT2D eigenvalue weighted by atomic mass is 16.7. The Morgan fingerprint density at radius 2 is 1.62 bits per heavy atom. The number of carbonyl (C=O) groups is 2. The fourth-order valence-corrected chi connectivity index (χ4v) is 1.72. The third-order valence-electron chi connectivity index (χ3n) is 2.34. The number of likely N-dealkylation sites (tertiary alicyclic amines) is 1. The van der Waals surface area contributed by atoms with Gasteiger partial charge in [-0.2, -0.15) is 0 Å². The predicted octanol–water partition coefficient (Wildman–Crippen LogP) is 1.91. The maximum absolute atomic E-state index is 11.7. The number of nitrogens with zero attached hydrogens (tertiary/aromatic N) is 1. The molecule has 1 aliphatic heterocycles. The molecule has 0 aromatic heterocycles. The second kappa shape index (κ2) is 5.18. The molecule has 0 bridgehead atoms. The first-order valence-electron chi connectivity index (χ1n) is 5.58. The number of hydrogen-bond acceptors (Lipinski definition) is 4. The largest absolute Gasteiger partial charge is 0.423 e. The number of rotatable bonds is 2. The minimum atomic E-state index is -1.19. The quantitative estimate of drug-likeness (QED) is 0.536. The molecule has 0 N–H and O–H groups in total. The van der Waals surface area contributed by atoms with Crippen molar-refractivity contribution in [2.75, 3.05) is 13.1 Å². The van der Waals surface area contributed by atoms with Crippen LogP contribution in [0.5, 0.6) is 0 Å². The summed E-state index contributed by atoms with van der Waals surface area (Å²) in [5.74, 6) is -1.66. The Morgan fingerprint density at radius 3 is 2.12 bits per heavy atom. The molecule has 0 spiro atoms. The molecule has 0 saturated carbocycles. The smallest absolute Gasteiger partial charge is 0.413 e. The van der Waals surface area contributed by atoms with E-state index in [0.717, 1.165) is 32.4 Å². The number of carbonyl (C=O) groups excluding carboxylic acids is 2. The molecular formula is C11H19NO4. The Hall–Kier alpha value is -1.26. The van der Waals surface area contributed by atoms with E-state index in [1.54, 1.807) is 18.7 Å². The maximum atomic E-state index is 11.7. The molecule has 16 heavy (non-hydrogen) atoms. The van der Waals surface area contributed by atoms with Crippen molar-refractivity contribution in [1.82, 2.24) is 4.90 Å². The van der Waals surface area contributed by atoms with Gasteiger partial charge in [0.15, 0.2) is 0 Å². The standard InChI is InChI=1S/C11H19NO4/c1-9(13)15-11(2,3)16-10(14)12-7-5-4-6-8-12/h4-8H2,1-3H3. The Labute approximate surface area is 95.7 Å². The lowest BCUT2D eigenvalue weighted by molar-refractivity contribution is -0.194. The van der Waals surface area contributed by atoms with Crippen molar-refractivity contribution in [1.29, 1.82) is 0 Å². The van der Waals surface area contributed by atoms with Gasteiger partial charge in [0.2, 0.25) is 0 Å². The second-order valence-corrected chi connectivity index (χ2v) is 4.41. The van der Waals surface area contributed by atoms with E-state index in [0.29, 0.717) is 0 Å². The summed E-state index contributed by atoms with van der Waals surface area (Å²) in [6.07, 6.45) is 2.74. The van der Waals surface area contributed by atoms with Crippen LogP contribution in [0.3, 0.4) is 0 Å². The lowest BCUT2D eigenvalue weighted by Crippen LogP contribution is -2.42. The number of hydrogen-bond donors (Lipinski definition) is 0. The Morgan fingerprint density at radius 1 is 1.06 bits per heavy atom. The molecular weight excluding hydrogens is 210 g/mol. The molecule has 92 valence electrons. The first kappa shape index (κ1) is 12.8. The van der Waals surface area contributed by atoms with Crippen molar-refractivity contribution in [3.63, 3.8) is 0 Å². The minimum Gasteiger partial charge on any atom is -0.423 e. The molecule has 0 aromatic carbocycles. The summed E-state index contributed by atoms with van der Waals surface area (Å²) >= 11 is 0. The molecule has 5 heteroatoms. The van der Waals surface area contributed by atoms with Crippen LogP contribution in [0.4, 0.5) is 4.79 Å². The number of piperidine rings is 1. The van der Waals surface area contributed by atoms with Gasteiger partial charge in [-0.1, -0.05) is 0 Å². The molecule has 1 fully saturated rings. The van der Waals surface area contributed by atoms with E-state index >= 15 is 0 Å². The van der Waals surface area contributed by atoms with Crippen LogP contribution >= 0.6 is 0 Å². The van der Waals surface area contributed by atoms with Crippen LogP contribution in [0.15, 0.2) is 0 Å². The van der Waals surface area contributed by atoms with Gasteiger partial charge >= 0.3 is 12.1 Å². The van der Waals surface area contributed by atoms with Crippen molar-refractivity contribution < 1.29 is 19.1 Å². The molecule has 1 heterocycles. The van der Waals surface area contributed by atoms with E-state index in [1.807, 2.05) is 0 Å². The lowest BCUT2D eigenvalue weighted by atomic mass is 10.1. The topological polar surface area (TPSA) is 55.8 Å². The van der Waals surface area contributed by atoms with Crippen molar-refractivity contribution in [2.45, 2.75) is 45.8 Å². The van der Waals surface area contributed by atoms with Crippen LogP contribution in [-0.4, -0.2) is 35.8 Å². The summed E-state index contributed by atoms with van der Waals surface area (Å²) in [5.41, 5.74) is 0. The zero-order chi connectivity index (χ0) is 12.2. The summed E-state index contributed by atoms with van der Waals surface area (Å²) < 4.78 is 10.0. The number of ether oxygens (including phenoxy) is 2. The van der Waals surface area contributed by atoms with E-state index in [-0.39, 0.29) is 0 Å². The van der Waals surface area contributed by atoms with Gasteiger partial charge in [-0.25, -0.2) is 4.79 Å². The third kappa shape index (κ3) is 4.08. The molecule has 0 unspecified atom stereocenters. The van der Waals surface area contributed by atoms with Gasteiger partial charge in [0.25, 0.3) is 5.79 Å². The van der Waals surface area contributed by atoms with Crippen LogP contribution in [0.2, 0.25) is 0 Å². The normalized spacial score (nSPS) is 16.8. The maximum Gasteiger partial charge on any atom is 0.413 e. The van der Waals surface area contributed by atoms with Crippen LogP contribution in [0, 0.1) is 0 Å². The molecule has 1 aliphatic rings. The molecule has 0 atom stereocenters. The zero-order valence-corrected chi connectivity index (χ0v) is 10.1. The van der Waals surface area contributed by atoms with Gasteiger partial charge in [-0.3, -0.25) is 4.79 Å².